The van der Waals surface area contributed by atoms with Crippen molar-refractivity contribution < 1.29 is 5.11 Å². The number of rotatable bonds is 4. The van der Waals surface area contributed by atoms with Gasteiger partial charge in [0.2, 0.25) is 0 Å². The molecule has 2 N–H and O–H groups in total. The summed E-state index contributed by atoms with van der Waals surface area (Å²) in [6.45, 7) is 4.71. The maximum Gasteiger partial charge on any atom is 0.0584 e. The van der Waals surface area contributed by atoms with Gasteiger partial charge in [0.05, 0.1) is 13.2 Å². The molecular weight excluding hydrogens is 126 g/mol. The van der Waals surface area contributed by atoms with Crippen LogP contribution < -0.4 is 5.32 Å². The van der Waals surface area contributed by atoms with Gasteiger partial charge in [-0.1, -0.05) is 12.8 Å². The van der Waals surface area contributed by atoms with Crippen LogP contribution in [0.5, 0.6) is 0 Å². The molecule has 0 saturated heterocycles. The molecule has 0 bridgehead atoms. The first-order valence-electron chi connectivity index (χ1n) is 3.59. The molecule has 0 rings (SSSR count). The Labute approximate surface area is 62.6 Å². The van der Waals surface area contributed by atoms with Crippen molar-refractivity contribution in [3.8, 4) is 11.8 Å². The first kappa shape index (κ1) is 9.48. The Morgan fingerprint density at radius 2 is 2.30 bits per heavy atom. The number of aliphatic hydroxyl groups excluding tert-OH is 1. The zero-order valence-corrected chi connectivity index (χ0v) is 6.65. The molecule has 0 spiro atoms. The molecule has 0 saturated carbocycles. The van der Waals surface area contributed by atoms with Crippen LogP contribution in [-0.4, -0.2) is 24.3 Å². The van der Waals surface area contributed by atoms with Crippen LogP contribution in [0.1, 0.15) is 20.3 Å². The second-order valence-corrected chi connectivity index (χ2v) is 2.10. The summed E-state index contributed by atoms with van der Waals surface area (Å²) in [4.78, 5) is 0. The molecule has 10 heavy (non-hydrogen) atoms. The van der Waals surface area contributed by atoms with Crippen LogP contribution in [0.25, 0.3) is 0 Å². The van der Waals surface area contributed by atoms with E-state index in [-0.39, 0.29) is 12.6 Å². The Morgan fingerprint density at radius 1 is 1.60 bits per heavy atom. The topological polar surface area (TPSA) is 32.3 Å². The van der Waals surface area contributed by atoms with Gasteiger partial charge < -0.3 is 10.4 Å². The largest absolute Gasteiger partial charge is 0.395 e. The van der Waals surface area contributed by atoms with E-state index in [0.717, 1.165) is 6.42 Å². The van der Waals surface area contributed by atoms with E-state index < -0.39 is 0 Å². The Kier molecular flexibility index (Phi) is 6.25. The van der Waals surface area contributed by atoms with Crippen molar-refractivity contribution in [1.82, 2.24) is 5.32 Å². The van der Waals surface area contributed by atoms with E-state index in [9.17, 15) is 0 Å². The van der Waals surface area contributed by atoms with Crippen molar-refractivity contribution >= 4 is 0 Å². The standard InChI is InChI=1S/C8H15NO/c1-3-5-6-9-8(4-2)7-10/h8-10H,4,6-7H2,1-2H3. The normalized spacial score (nSPS) is 11.9. The fraction of sp³-hybridized carbons (Fsp3) is 0.750. The predicted octanol–water partition coefficient (Wildman–Crippen LogP) is 0.370. The van der Waals surface area contributed by atoms with Crippen molar-refractivity contribution in [3.05, 3.63) is 0 Å². The summed E-state index contributed by atoms with van der Waals surface area (Å²) in [5, 5.41) is 11.8. The van der Waals surface area contributed by atoms with Crippen molar-refractivity contribution in [2.24, 2.45) is 0 Å². The van der Waals surface area contributed by atoms with Gasteiger partial charge in [0.1, 0.15) is 0 Å². The molecule has 58 valence electrons. The highest BCUT2D eigenvalue weighted by Crippen LogP contribution is 1.86. The summed E-state index contributed by atoms with van der Waals surface area (Å²) in [6, 6.07) is 0.209. The van der Waals surface area contributed by atoms with E-state index in [1.54, 1.807) is 0 Å². The minimum atomic E-state index is 0.196. The molecule has 0 heterocycles. The molecule has 0 fully saturated rings. The molecule has 1 atom stereocenters. The zero-order chi connectivity index (χ0) is 7.82. The number of hydrogen-bond acceptors (Lipinski definition) is 2. The zero-order valence-electron chi connectivity index (χ0n) is 6.65. The molecular formula is C8H15NO. The number of nitrogens with one attached hydrogen (secondary N) is 1. The molecule has 2 nitrogen and oxygen atoms in total. The molecule has 0 radical (unpaired) electrons. The van der Waals surface area contributed by atoms with Gasteiger partial charge in [0, 0.05) is 6.04 Å². The molecule has 0 amide bonds. The third-order valence-electron chi connectivity index (χ3n) is 1.37. The smallest absolute Gasteiger partial charge is 0.0584 e. The van der Waals surface area contributed by atoms with Crippen molar-refractivity contribution in [1.29, 1.82) is 0 Å². The summed E-state index contributed by atoms with van der Waals surface area (Å²) in [6.07, 6.45) is 0.946. The van der Waals surface area contributed by atoms with Crippen LogP contribution in [0.15, 0.2) is 0 Å². The first-order valence-corrected chi connectivity index (χ1v) is 3.59. The van der Waals surface area contributed by atoms with E-state index in [2.05, 4.69) is 17.2 Å². The molecule has 1 unspecified atom stereocenters. The van der Waals surface area contributed by atoms with E-state index in [1.165, 1.54) is 0 Å². The van der Waals surface area contributed by atoms with Gasteiger partial charge in [-0.15, -0.1) is 5.92 Å². The highest BCUT2D eigenvalue weighted by molar-refractivity contribution is 4.97. The van der Waals surface area contributed by atoms with E-state index >= 15 is 0 Å². The Bertz CT molecular complexity index is 119. The fourth-order valence-electron chi connectivity index (χ4n) is 0.622. The Hall–Kier alpha value is -0.520. The lowest BCUT2D eigenvalue weighted by Crippen LogP contribution is -2.31. The van der Waals surface area contributed by atoms with E-state index in [4.69, 9.17) is 5.11 Å². The quantitative estimate of drug-likeness (QED) is 0.554. The van der Waals surface area contributed by atoms with Gasteiger partial charge in [-0.2, -0.15) is 0 Å². The van der Waals surface area contributed by atoms with Crippen LogP contribution in [0.3, 0.4) is 0 Å². The monoisotopic (exact) mass is 141 g/mol. The van der Waals surface area contributed by atoms with Gasteiger partial charge in [0.15, 0.2) is 0 Å². The summed E-state index contributed by atoms with van der Waals surface area (Å²) in [5.74, 6) is 5.65. The number of hydrogen-bond donors (Lipinski definition) is 2. The van der Waals surface area contributed by atoms with Gasteiger partial charge in [-0.3, -0.25) is 0 Å². The molecule has 0 aromatic carbocycles. The molecule has 2 heteroatoms. The lowest BCUT2D eigenvalue weighted by atomic mass is 10.2. The summed E-state index contributed by atoms with van der Waals surface area (Å²) in [7, 11) is 0. The second-order valence-electron chi connectivity index (χ2n) is 2.10. The molecule has 0 aliphatic heterocycles. The molecule has 0 aromatic rings. The number of aliphatic hydroxyl groups is 1. The van der Waals surface area contributed by atoms with Gasteiger partial charge in [-0.25, -0.2) is 0 Å². The lowest BCUT2D eigenvalue weighted by molar-refractivity contribution is 0.243. The molecule has 0 aromatic heterocycles. The lowest BCUT2D eigenvalue weighted by Gasteiger charge is -2.10. The van der Waals surface area contributed by atoms with E-state index in [0.29, 0.717) is 6.54 Å². The van der Waals surface area contributed by atoms with Crippen molar-refractivity contribution in [2.45, 2.75) is 26.3 Å². The van der Waals surface area contributed by atoms with Crippen LogP contribution in [0.4, 0.5) is 0 Å². The van der Waals surface area contributed by atoms with Crippen LogP contribution in [0, 0.1) is 11.8 Å². The third kappa shape index (κ3) is 4.37. The fourth-order valence-corrected chi connectivity index (χ4v) is 0.622. The van der Waals surface area contributed by atoms with Crippen molar-refractivity contribution in [3.63, 3.8) is 0 Å². The summed E-state index contributed by atoms with van der Waals surface area (Å²) in [5.41, 5.74) is 0. The molecule has 0 aliphatic carbocycles. The average Bonchev–Trinajstić information content (AvgIpc) is 1.99. The highest BCUT2D eigenvalue weighted by Gasteiger charge is 1.99. The Balaban J connectivity index is 3.31. The van der Waals surface area contributed by atoms with Gasteiger partial charge in [-0.05, 0) is 13.3 Å². The minimum absolute atomic E-state index is 0.196. The van der Waals surface area contributed by atoms with Crippen LogP contribution >= 0.6 is 0 Å². The summed E-state index contributed by atoms with van der Waals surface area (Å²) >= 11 is 0. The first-order chi connectivity index (χ1) is 4.85. The highest BCUT2D eigenvalue weighted by atomic mass is 16.3. The molecule has 0 aliphatic rings. The maximum atomic E-state index is 8.71. The summed E-state index contributed by atoms with van der Waals surface area (Å²) < 4.78 is 0. The minimum Gasteiger partial charge on any atom is -0.395 e. The third-order valence-corrected chi connectivity index (χ3v) is 1.37. The maximum absolute atomic E-state index is 8.71. The Morgan fingerprint density at radius 3 is 2.70 bits per heavy atom. The van der Waals surface area contributed by atoms with Gasteiger partial charge >= 0.3 is 0 Å². The van der Waals surface area contributed by atoms with Gasteiger partial charge in [0.25, 0.3) is 0 Å². The van der Waals surface area contributed by atoms with Crippen LogP contribution in [0.2, 0.25) is 0 Å². The predicted molar refractivity (Wildman–Crippen MR) is 42.6 cm³/mol. The second kappa shape index (κ2) is 6.60. The van der Waals surface area contributed by atoms with E-state index in [1.807, 2.05) is 13.8 Å². The SMILES string of the molecule is CC#CCNC(CC)CO. The van der Waals surface area contributed by atoms with Crippen LogP contribution in [-0.2, 0) is 0 Å². The van der Waals surface area contributed by atoms with Crippen molar-refractivity contribution in [2.75, 3.05) is 13.2 Å². The average molecular weight is 141 g/mol.